The Morgan fingerprint density at radius 2 is 1.73 bits per heavy atom. The molecule has 0 saturated carbocycles. The van der Waals surface area contributed by atoms with E-state index in [0.717, 1.165) is 24.3 Å². The van der Waals surface area contributed by atoms with Gasteiger partial charge in [0.1, 0.15) is 5.82 Å². The van der Waals surface area contributed by atoms with Crippen molar-refractivity contribution >= 4 is 34.7 Å². The van der Waals surface area contributed by atoms with Crippen molar-refractivity contribution in [3.8, 4) is 0 Å². The quantitative estimate of drug-likeness (QED) is 0.407. The number of ether oxygens (including phenoxy) is 1. The maximum Gasteiger partial charge on any atom is 0.271 e. The number of aromatic nitrogens is 1. The minimum Gasteiger partial charge on any atom is -0.378 e. The first-order valence-corrected chi connectivity index (χ1v) is 13.9. The summed E-state index contributed by atoms with van der Waals surface area (Å²) in [7, 11) is 0. The Morgan fingerprint density at radius 3 is 2.42 bits per heavy atom. The third-order valence-electron chi connectivity index (χ3n) is 7.05. The number of amides is 1. The second-order valence-electron chi connectivity index (χ2n) is 9.64. The van der Waals surface area contributed by atoms with Gasteiger partial charge in [-0.3, -0.25) is 14.2 Å². The number of anilines is 2. The summed E-state index contributed by atoms with van der Waals surface area (Å²) in [5.41, 5.74) is 3.84. The summed E-state index contributed by atoms with van der Waals surface area (Å²) in [5, 5.41) is 2.92. The summed E-state index contributed by atoms with van der Waals surface area (Å²) < 4.78 is 21.3. The summed E-state index contributed by atoms with van der Waals surface area (Å²) in [6.07, 6.45) is 1.84. The van der Waals surface area contributed by atoms with Crippen LogP contribution in [0.3, 0.4) is 0 Å². The van der Waals surface area contributed by atoms with E-state index in [9.17, 15) is 14.0 Å². The van der Waals surface area contributed by atoms with E-state index in [4.69, 9.17) is 4.74 Å². The highest BCUT2D eigenvalue weighted by molar-refractivity contribution is 7.07. The molecule has 3 heterocycles. The minimum atomic E-state index is -0.758. The van der Waals surface area contributed by atoms with Crippen LogP contribution in [0, 0.1) is 5.82 Å². The lowest BCUT2D eigenvalue weighted by atomic mass is 9.95. The molecule has 0 aliphatic carbocycles. The van der Waals surface area contributed by atoms with Gasteiger partial charge in [-0.2, -0.15) is 0 Å². The van der Waals surface area contributed by atoms with Gasteiger partial charge in [-0.05, 0) is 60.5 Å². The number of fused-ring (bicyclic) bond motifs is 1. The second-order valence-corrected chi connectivity index (χ2v) is 10.7. The molecular formula is C31H27FN4O3S. The average Bonchev–Trinajstić information content (AvgIpc) is 3.28. The number of morpholine rings is 1. The molecule has 2 aliphatic heterocycles. The molecule has 1 aromatic heterocycles. The maximum atomic E-state index is 13.9. The maximum absolute atomic E-state index is 13.9. The number of hydrogen-bond donors (Lipinski definition) is 1. The van der Waals surface area contributed by atoms with E-state index in [1.165, 1.54) is 23.5 Å². The summed E-state index contributed by atoms with van der Waals surface area (Å²) in [6, 6.07) is 22.3. The minimum absolute atomic E-state index is 0.257. The van der Waals surface area contributed by atoms with Gasteiger partial charge in [0.25, 0.3) is 11.5 Å². The molecule has 40 heavy (non-hydrogen) atoms. The van der Waals surface area contributed by atoms with Crippen molar-refractivity contribution < 1.29 is 13.9 Å². The van der Waals surface area contributed by atoms with Gasteiger partial charge < -0.3 is 15.0 Å². The number of nitrogens with zero attached hydrogens (tertiary/aromatic N) is 3. The molecule has 0 spiro atoms. The van der Waals surface area contributed by atoms with Gasteiger partial charge >= 0.3 is 0 Å². The smallest absolute Gasteiger partial charge is 0.271 e. The molecule has 6 rings (SSSR count). The SMILES string of the molecule is CC1=C(C(=O)Nc2ccccc2)[C@@H](c2ccc(F)cc2)n2c(s/c(=C/c3ccc(N4CCOCC4)cc3)c2=O)=N1. The first-order valence-electron chi connectivity index (χ1n) is 13.0. The molecule has 1 fully saturated rings. The molecule has 1 amide bonds. The Morgan fingerprint density at radius 1 is 1.02 bits per heavy atom. The van der Waals surface area contributed by atoms with E-state index in [0.29, 0.717) is 45.1 Å². The van der Waals surface area contributed by atoms with Gasteiger partial charge in [0.15, 0.2) is 4.80 Å². The number of rotatable bonds is 5. The molecule has 1 saturated heterocycles. The number of thiazole rings is 1. The van der Waals surface area contributed by atoms with Crippen molar-refractivity contribution in [3.63, 3.8) is 0 Å². The van der Waals surface area contributed by atoms with Crippen molar-refractivity contribution in [2.24, 2.45) is 4.99 Å². The van der Waals surface area contributed by atoms with Crippen LogP contribution in [0.25, 0.3) is 6.08 Å². The highest BCUT2D eigenvalue weighted by Crippen LogP contribution is 2.31. The zero-order valence-corrected chi connectivity index (χ0v) is 22.7. The van der Waals surface area contributed by atoms with Crippen LogP contribution in [0.5, 0.6) is 0 Å². The Kier molecular flexibility index (Phi) is 7.15. The fourth-order valence-corrected chi connectivity index (χ4v) is 6.09. The monoisotopic (exact) mass is 554 g/mol. The number of hydrogen-bond acceptors (Lipinski definition) is 6. The van der Waals surface area contributed by atoms with Crippen LogP contribution < -0.4 is 25.1 Å². The fourth-order valence-electron chi connectivity index (χ4n) is 5.05. The van der Waals surface area contributed by atoms with Gasteiger partial charge in [-0.25, -0.2) is 9.38 Å². The van der Waals surface area contributed by atoms with Crippen LogP contribution in [0.4, 0.5) is 15.8 Å². The number of allylic oxidation sites excluding steroid dienone is 1. The second kappa shape index (κ2) is 11.0. The third-order valence-corrected chi connectivity index (χ3v) is 8.03. The van der Waals surface area contributed by atoms with E-state index in [2.05, 4.69) is 15.2 Å². The molecule has 0 radical (unpaired) electrons. The zero-order chi connectivity index (χ0) is 27.6. The van der Waals surface area contributed by atoms with Gasteiger partial charge in [-0.15, -0.1) is 0 Å². The van der Waals surface area contributed by atoms with Gasteiger partial charge in [0.2, 0.25) is 0 Å². The first kappa shape index (κ1) is 25.9. The first-order chi connectivity index (χ1) is 19.5. The molecule has 3 aromatic carbocycles. The highest BCUT2D eigenvalue weighted by Gasteiger charge is 2.32. The lowest BCUT2D eigenvalue weighted by molar-refractivity contribution is -0.113. The van der Waals surface area contributed by atoms with Crippen LogP contribution in [0.2, 0.25) is 0 Å². The normalized spacial score (nSPS) is 17.4. The molecule has 202 valence electrons. The van der Waals surface area contributed by atoms with E-state index in [1.54, 1.807) is 35.8 Å². The van der Waals surface area contributed by atoms with Gasteiger partial charge in [0, 0.05) is 24.5 Å². The van der Waals surface area contributed by atoms with Crippen molar-refractivity contribution in [3.05, 3.63) is 127 Å². The van der Waals surface area contributed by atoms with Crippen molar-refractivity contribution in [2.45, 2.75) is 13.0 Å². The lowest BCUT2D eigenvalue weighted by Crippen LogP contribution is -2.40. The molecule has 0 bridgehead atoms. The van der Waals surface area contributed by atoms with E-state index >= 15 is 0 Å². The summed E-state index contributed by atoms with van der Waals surface area (Å²) in [6.45, 7) is 4.88. The molecule has 9 heteroatoms. The number of para-hydroxylation sites is 1. The van der Waals surface area contributed by atoms with E-state index < -0.39 is 11.9 Å². The number of nitrogens with one attached hydrogen (secondary N) is 1. The standard InChI is InChI=1S/C31H27FN4O3S/c1-20-27(29(37)34-24-5-3-2-4-6-24)28(22-9-11-23(32)12-10-22)36-30(38)26(40-31(36)33-20)19-21-7-13-25(14-8-21)35-15-17-39-18-16-35/h2-14,19,28H,15-18H2,1H3,(H,34,37)/b26-19+/t28-/m1/s1. The molecule has 7 nitrogen and oxygen atoms in total. The van der Waals surface area contributed by atoms with Crippen LogP contribution in [-0.2, 0) is 9.53 Å². The summed E-state index contributed by atoms with van der Waals surface area (Å²) in [4.78, 5) is 34.9. The fraction of sp³-hybridized carbons (Fsp3) is 0.194. The molecule has 1 atom stereocenters. The topological polar surface area (TPSA) is 75.9 Å². The Hall–Kier alpha value is -4.34. The van der Waals surface area contributed by atoms with Crippen LogP contribution >= 0.6 is 11.3 Å². The highest BCUT2D eigenvalue weighted by atomic mass is 32.1. The van der Waals surface area contributed by atoms with E-state index in [-0.39, 0.29) is 11.5 Å². The van der Waals surface area contributed by atoms with Crippen LogP contribution in [0.15, 0.2) is 99.9 Å². The molecular weight excluding hydrogens is 527 g/mol. The van der Waals surface area contributed by atoms with Crippen LogP contribution in [-0.4, -0.2) is 36.8 Å². The zero-order valence-electron chi connectivity index (χ0n) is 21.8. The molecule has 2 aliphatic rings. The Bertz CT molecular complexity index is 1750. The lowest BCUT2D eigenvalue weighted by Gasteiger charge is -2.28. The predicted molar refractivity (Wildman–Crippen MR) is 155 cm³/mol. The number of carbonyl (C=O) groups is 1. The Labute approximate surface area is 234 Å². The molecule has 1 N–H and O–H groups in total. The van der Waals surface area contributed by atoms with E-state index in [1.807, 2.05) is 48.5 Å². The third kappa shape index (κ3) is 5.13. The van der Waals surface area contributed by atoms with Crippen LogP contribution in [0.1, 0.15) is 24.1 Å². The van der Waals surface area contributed by atoms with Crippen molar-refractivity contribution in [2.75, 3.05) is 36.5 Å². The van der Waals surface area contributed by atoms with Crippen molar-refractivity contribution in [1.29, 1.82) is 0 Å². The average molecular weight is 555 g/mol. The summed E-state index contributed by atoms with van der Waals surface area (Å²) >= 11 is 1.27. The van der Waals surface area contributed by atoms with Gasteiger partial charge in [0.05, 0.1) is 35.1 Å². The van der Waals surface area contributed by atoms with Crippen molar-refractivity contribution in [1.82, 2.24) is 4.57 Å². The molecule has 0 unspecified atom stereocenters. The Balaban J connectivity index is 1.41. The number of halogens is 1. The number of benzene rings is 3. The summed E-state index contributed by atoms with van der Waals surface area (Å²) in [5.74, 6) is -0.762. The molecule has 4 aromatic rings. The van der Waals surface area contributed by atoms with Gasteiger partial charge in [-0.1, -0.05) is 53.8 Å². The predicted octanol–water partition coefficient (Wildman–Crippen LogP) is 3.85. The number of carbonyl (C=O) groups excluding carboxylic acids is 1. The largest absolute Gasteiger partial charge is 0.378 e.